The number of likely N-dealkylation sites (tertiary alicyclic amines) is 1. The Hall–Kier alpha value is -2.09. The van der Waals surface area contributed by atoms with Gasteiger partial charge in [-0.1, -0.05) is 6.92 Å². The first-order valence-electron chi connectivity index (χ1n) is 12.0. The number of carboxylic acids is 1. The third kappa shape index (κ3) is 5.75. The van der Waals surface area contributed by atoms with E-state index in [1.54, 1.807) is 7.11 Å². The Morgan fingerprint density at radius 1 is 1.06 bits per heavy atom. The summed E-state index contributed by atoms with van der Waals surface area (Å²) in [4.78, 5) is 30.7. The molecule has 2 N–H and O–H groups in total. The quantitative estimate of drug-likeness (QED) is 0.612. The summed E-state index contributed by atoms with van der Waals surface area (Å²) in [6, 6.07) is 9.60. The molecule has 8 heteroatoms. The molecular formula is C26H35ClN2O4S. The number of piperidine rings is 1. The number of hydrogen-bond donors (Lipinski definition) is 2. The number of benzene rings is 1. The van der Waals surface area contributed by atoms with E-state index >= 15 is 0 Å². The molecule has 0 bridgehead atoms. The van der Waals surface area contributed by atoms with Gasteiger partial charge >= 0.3 is 5.97 Å². The number of aromatic carboxylic acids is 1. The lowest BCUT2D eigenvalue weighted by Gasteiger charge is -2.38. The number of nitrogens with zero attached hydrogens (tertiary/aromatic N) is 1. The number of halogens is 1. The molecule has 1 aromatic carbocycles. The fourth-order valence-corrected chi connectivity index (χ4v) is 6.16. The zero-order chi connectivity index (χ0) is 23.5. The molecule has 1 aliphatic carbocycles. The summed E-state index contributed by atoms with van der Waals surface area (Å²) in [7, 11) is 3.81. The maximum Gasteiger partial charge on any atom is 0.348 e. The number of hydrogen-bond acceptors (Lipinski definition) is 4. The molecule has 1 aromatic heterocycles. The van der Waals surface area contributed by atoms with Crippen LogP contribution in [0.15, 0.2) is 30.3 Å². The molecule has 1 saturated heterocycles. The Labute approximate surface area is 212 Å². The minimum atomic E-state index is -0.969. The lowest BCUT2D eigenvalue weighted by molar-refractivity contribution is -0.884. The molecule has 0 spiro atoms. The van der Waals surface area contributed by atoms with Gasteiger partial charge in [-0.3, -0.25) is 4.79 Å². The number of nitrogens with one attached hydrogen (secondary N) is 1. The van der Waals surface area contributed by atoms with E-state index in [-0.39, 0.29) is 35.2 Å². The molecule has 4 rings (SSSR count). The second-order valence-corrected chi connectivity index (χ2v) is 10.8. The first-order valence-corrected chi connectivity index (χ1v) is 12.8. The van der Waals surface area contributed by atoms with Crippen molar-refractivity contribution in [2.45, 2.75) is 51.5 Å². The number of thiophene rings is 1. The van der Waals surface area contributed by atoms with Crippen molar-refractivity contribution < 1.29 is 36.7 Å². The fourth-order valence-electron chi connectivity index (χ4n) is 5.16. The highest BCUT2D eigenvalue weighted by Gasteiger charge is 2.37. The van der Waals surface area contributed by atoms with Gasteiger partial charge in [0.15, 0.2) is 0 Å². The predicted octanol–water partition coefficient (Wildman–Crippen LogP) is 0.962. The Morgan fingerprint density at radius 3 is 2.24 bits per heavy atom. The summed E-state index contributed by atoms with van der Waals surface area (Å²) in [5, 5.41) is 10.1. The molecule has 34 heavy (non-hydrogen) atoms. The molecule has 6 nitrogen and oxygen atoms in total. The summed E-state index contributed by atoms with van der Waals surface area (Å²) in [5.74, 6) is 0.550. The van der Waals surface area contributed by atoms with Crippen molar-refractivity contribution >= 4 is 28.9 Å². The summed E-state index contributed by atoms with van der Waals surface area (Å²) in [6.45, 7) is 4.24. The predicted molar refractivity (Wildman–Crippen MR) is 132 cm³/mol. The topological polar surface area (TPSA) is 71.3 Å². The number of carbonyl (C=O) groups excluding carboxylic acids is 1. The van der Waals surface area contributed by atoms with E-state index in [1.165, 1.54) is 16.2 Å². The first kappa shape index (κ1) is 26.5. The van der Waals surface area contributed by atoms with Crippen molar-refractivity contribution in [1.82, 2.24) is 0 Å². The molecule has 0 atom stereocenters. The van der Waals surface area contributed by atoms with Crippen molar-refractivity contribution in [3.63, 3.8) is 0 Å². The average molecular weight is 507 g/mol. The standard InChI is InChI=1S/C26H34N2O4S.ClH/c1-17-4-6-19(7-5-17)25(29)28(20-12-14-27(2)15-13-20)22-16-23(33-24(22)26(30)31)18-8-10-21(32-3)11-9-18;/h8-11,16-17,19-20H,4-7,12-15H2,1-3H3,(H,30,31);1H. The van der Waals surface area contributed by atoms with Crippen molar-refractivity contribution in [1.29, 1.82) is 0 Å². The number of quaternary nitrogens is 1. The van der Waals surface area contributed by atoms with Crippen LogP contribution in [0.3, 0.4) is 0 Å². The Morgan fingerprint density at radius 2 is 1.68 bits per heavy atom. The second kappa shape index (κ2) is 11.6. The number of carboxylic acid groups (broad SMARTS) is 1. The van der Waals surface area contributed by atoms with Gasteiger partial charge in [-0.05, 0) is 67.5 Å². The van der Waals surface area contributed by atoms with Crippen LogP contribution in [0, 0.1) is 11.8 Å². The molecular weight excluding hydrogens is 472 g/mol. The molecule has 2 heterocycles. The summed E-state index contributed by atoms with van der Waals surface area (Å²) in [5.41, 5.74) is 1.51. The van der Waals surface area contributed by atoms with Crippen molar-refractivity contribution in [2.24, 2.45) is 11.8 Å². The molecule has 0 radical (unpaired) electrons. The minimum absolute atomic E-state index is 0. The first-order chi connectivity index (χ1) is 15.9. The Balaban J connectivity index is 0.00000324. The van der Waals surface area contributed by atoms with Gasteiger partial charge < -0.3 is 32.1 Å². The molecule has 0 unspecified atom stereocenters. The monoisotopic (exact) mass is 506 g/mol. The molecule has 1 saturated carbocycles. The van der Waals surface area contributed by atoms with E-state index in [4.69, 9.17) is 4.74 Å². The van der Waals surface area contributed by atoms with Gasteiger partial charge in [0.2, 0.25) is 5.91 Å². The Bertz CT molecular complexity index is 977. The van der Waals surface area contributed by atoms with Crippen LogP contribution in [-0.4, -0.2) is 50.3 Å². The highest BCUT2D eigenvalue weighted by atomic mass is 35.5. The highest BCUT2D eigenvalue weighted by molar-refractivity contribution is 7.18. The van der Waals surface area contributed by atoms with Gasteiger partial charge in [-0.25, -0.2) is 4.79 Å². The SMILES string of the molecule is COc1ccc(-c2cc(N(C(=O)C3CCC(C)CC3)C3CC[NH+](C)CC3)c(C(=O)O)s2)cc1.[Cl-]. The van der Waals surface area contributed by atoms with Gasteiger partial charge in [0, 0.05) is 29.7 Å². The number of anilines is 1. The Kier molecular flexibility index (Phi) is 9.01. The zero-order valence-electron chi connectivity index (χ0n) is 20.2. The maximum atomic E-state index is 13.9. The third-order valence-corrected chi connectivity index (χ3v) is 8.48. The van der Waals surface area contributed by atoms with E-state index < -0.39 is 5.97 Å². The van der Waals surface area contributed by atoms with Crippen LogP contribution in [0.4, 0.5) is 5.69 Å². The largest absolute Gasteiger partial charge is 1.00 e. The van der Waals surface area contributed by atoms with Crippen molar-refractivity contribution in [3.8, 4) is 16.2 Å². The summed E-state index contributed by atoms with van der Waals surface area (Å²) < 4.78 is 5.26. The van der Waals surface area contributed by atoms with Gasteiger partial charge in [-0.2, -0.15) is 0 Å². The van der Waals surface area contributed by atoms with E-state index in [1.807, 2.05) is 35.2 Å². The number of carbonyl (C=O) groups is 2. The van der Waals surface area contributed by atoms with Gasteiger partial charge in [0.1, 0.15) is 10.6 Å². The fraction of sp³-hybridized carbons (Fsp3) is 0.538. The smallest absolute Gasteiger partial charge is 0.348 e. The summed E-state index contributed by atoms with van der Waals surface area (Å²) >= 11 is 1.25. The molecule has 1 aliphatic heterocycles. The molecule has 1 amide bonds. The molecule has 2 fully saturated rings. The average Bonchev–Trinajstić information content (AvgIpc) is 3.26. The molecule has 2 aromatic rings. The van der Waals surface area contributed by atoms with Crippen LogP contribution in [0.5, 0.6) is 5.75 Å². The van der Waals surface area contributed by atoms with Crippen molar-refractivity contribution in [3.05, 3.63) is 35.2 Å². The van der Waals surface area contributed by atoms with Crippen LogP contribution in [-0.2, 0) is 4.79 Å². The zero-order valence-corrected chi connectivity index (χ0v) is 21.8. The van der Waals surface area contributed by atoms with Gasteiger partial charge in [-0.15, -0.1) is 11.3 Å². The minimum Gasteiger partial charge on any atom is -1.00 e. The second-order valence-electron chi connectivity index (χ2n) is 9.71. The number of amides is 1. The third-order valence-electron chi connectivity index (χ3n) is 7.32. The molecule has 2 aliphatic rings. The van der Waals surface area contributed by atoms with Crippen molar-refractivity contribution in [2.75, 3.05) is 32.1 Å². The van der Waals surface area contributed by atoms with Gasteiger partial charge in [0.05, 0.1) is 32.9 Å². The van der Waals surface area contributed by atoms with Crippen LogP contribution >= 0.6 is 11.3 Å². The number of methoxy groups -OCH3 is 1. The maximum absolute atomic E-state index is 13.9. The normalized spacial score (nSPS) is 24.7. The molecule has 186 valence electrons. The van der Waals surface area contributed by atoms with Crippen LogP contribution in [0.25, 0.3) is 10.4 Å². The summed E-state index contributed by atoms with van der Waals surface area (Å²) in [6.07, 6.45) is 5.71. The highest BCUT2D eigenvalue weighted by Crippen LogP contribution is 2.41. The van der Waals surface area contributed by atoms with E-state index in [2.05, 4.69) is 14.0 Å². The van der Waals surface area contributed by atoms with Crippen LogP contribution < -0.4 is 26.9 Å². The lowest BCUT2D eigenvalue weighted by atomic mass is 9.82. The van der Waals surface area contributed by atoms with E-state index in [0.29, 0.717) is 11.6 Å². The van der Waals surface area contributed by atoms with Crippen LogP contribution in [0.2, 0.25) is 0 Å². The lowest BCUT2D eigenvalue weighted by Crippen LogP contribution is -3.10. The van der Waals surface area contributed by atoms with Crippen LogP contribution in [0.1, 0.15) is 55.1 Å². The van der Waals surface area contributed by atoms with Gasteiger partial charge in [0.25, 0.3) is 0 Å². The number of ether oxygens (including phenoxy) is 1. The van der Waals surface area contributed by atoms with E-state index in [9.17, 15) is 14.7 Å². The van der Waals surface area contributed by atoms with E-state index in [0.717, 1.165) is 67.8 Å². The number of rotatable bonds is 6.